The van der Waals surface area contributed by atoms with Crippen LogP contribution in [0.15, 0.2) is 64.6 Å². The zero-order valence-corrected chi connectivity index (χ0v) is 26.3. The number of aromatic carboxylic acids is 1. The Balaban J connectivity index is 1.43. The summed E-state index contributed by atoms with van der Waals surface area (Å²) in [6.45, 7) is -0.940. The molecule has 6 aromatic rings. The molecule has 0 saturated heterocycles. The molecule has 18 heteroatoms. The number of carbonyl (C=O) groups is 1. The van der Waals surface area contributed by atoms with Gasteiger partial charge in [-0.15, -0.1) is 0 Å². The van der Waals surface area contributed by atoms with Gasteiger partial charge in [-0.05, 0) is 42.3 Å². The van der Waals surface area contributed by atoms with E-state index >= 15 is 0 Å². The summed E-state index contributed by atoms with van der Waals surface area (Å²) in [4.78, 5) is 47.1. The Labute approximate surface area is 278 Å². The molecular formula is C31H26ClF3N10O4. The van der Waals surface area contributed by atoms with Gasteiger partial charge in [0.05, 0.1) is 41.4 Å². The number of hydrogen-bond acceptors (Lipinski definition) is 9. The maximum Gasteiger partial charge on any atom is 0.355 e. The molecule has 0 amide bonds. The van der Waals surface area contributed by atoms with Crippen LogP contribution in [0, 0.1) is 17.5 Å². The van der Waals surface area contributed by atoms with E-state index in [1.54, 1.807) is 42.2 Å². The third kappa shape index (κ3) is 6.66. The highest BCUT2D eigenvalue weighted by atomic mass is 35.5. The van der Waals surface area contributed by atoms with Crippen LogP contribution in [0.1, 0.15) is 32.9 Å². The van der Waals surface area contributed by atoms with Crippen molar-refractivity contribution in [3.63, 3.8) is 0 Å². The van der Waals surface area contributed by atoms with Crippen molar-refractivity contribution in [2.24, 2.45) is 12.8 Å². The van der Waals surface area contributed by atoms with Crippen LogP contribution in [0.25, 0.3) is 10.9 Å². The van der Waals surface area contributed by atoms with Crippen molar-refractivity contribution in [2.45, 2.75) is 26.1 Å². The highest BCUT2D eigenvalue weighted by Crippen LogP contribution is 2.35. The Kier molecular flexibility index (Phi) is 9.03. The third-order valence-corrected chi connectivity index (χ3v) is 7.95. The van der Waals surface area contributed by atoms with E-state index in [0.29, 0.717) is 45.2 Å². The summed E-state index contributed by atoms with van der Waals surface area (Å²) < 4.78 is 47.3. The van der Waals surface area contributed by atoms with Crippen LogP contribution in [0.4, 0.5) is 24.8 Å². The van der Waals surface area contributed by atoms with E-state index in [2.05, 4.69) is 25.5 Å². The molecule has 4 N–H and O–H groups in total. The smallest absolute Gasteiger partial charge is 0.355 e. The lowest BCUT2D eigenvalue weighted by Gasteiger charge is -2.18. The molecule has 3 heterocycles. The van der Waals surface area contributed by atoms with Crippen molar-refractivity contribution in [3.05, 3.63) is 127 Å². The summed E-state index contributed by atoms with van der Waals surface area (Å²) in [5.74, 6) is -5.43. The Morgan fingerprint density at radius 1 is 0.980 bits per heavy atom. The molecule has 0 atom stereocenters. The maximum atomic E-state index is 14.9. The lowest BCUT2D eigenvalue weighted by molar-refractivity contribution is 0.0695. The molecule has 0 aliphatic heterocycles. The topological polar surface area (TPSA) is 181 Å². The molecule has 0 bridgehead atoms. The summed E-state index contributed by atoms with van der Waals surface area (Å²) in [5.41, 5.74) is 5.32. The monoisotopic (exact) mass is 694 g/mol. The van der Waals surface area contributed by atoms with E-state index in [1.165, 1.54) is 17.1 Å². The number of nitrogens with zero attached hydrogens (tertiary/aromatic N) is 8. The average Bonchev–Trinajstić information content (AvgIpc) is 3.66. The first-order chi connectivity index (χ1) is 23.4. The molecule has 0 radical (unpaired) electrons. The molecule has 0 spiro atoms. The van der Waals surface area contributed by atoms with E-state index in [9.17, 15) is 32.7 Å². The van der Waals surface area contributed by atoms with Crippen LogP contribution in [0.3, 0.4) is 0 Å². The molecule has 0 fully saturated rings. The lowest BCUT2D eigenvalue weighted by Crippen LogP contribution is -2.43. The van der Waals surface area contributed by atoms with Gasteiger partial charge in [-0.1, -0.05) is 29.8 Å². The van der Waals surface area contributed by atoms with Gasteiger partial charge in [0.25, 0.3) is 0 Å². The second-order valence-electron chi connectivity index (χ2n) is 11.0. The van der Waals surface area contributed by atoms with Gasteiger partial charge < -0.3 is 16.2 Å². The van der Waals surface area contributed by atoms with E-state index in [1.807, 2.05) is 0 Å². The number of carboxylic acid groups (broad SMARTS) is 1. The number of benzene rings is 3. The minimum atomic E-state index is -1.43. The summed E-state index contributed by atoms with van der Waals surface area (Å²) in [7, 11) is 1.72. The van der Waals surface area contributed by atoms with Crippen LogP contribution < -0.4 is 22.4 Å². The van der Waals surface area contributed by atoms with E-state index in [-0.39, 0.29) is 41.1 Å². The van der Waals surface area contributed by atoms with Gasteiger partial charge in [0.2, 0.25) is 5.95 Å². The number of aromatic nitrogens is 8. The number of halogens is 4. The van der Waals surface area contributed by atoms with Crippen molar-refractivity contribution in [3.8, 4) is 0 Å². The number of carboxylic acids is 1. The van der Waals surface area contributed by atoms with Gasteiger partial charge in [0, 0.05) is 30.3 Å². The molecule has 49 heavy (non-hydrogen) atoms. The molecule has 6 rings (SSSR count). The number of rotatable bonds is 11. The number of nitrogens with one attached hydrogen (secondary N) is 1. The molecule has 0 saturated carbocycles. The first kappa shape index (κ1) is 33.1. The quantitative estimate of drug-likeness (QED) is 0.171. The van der Waals surface area contributed by atoms with E-state index in [0.717, 1.165) is 4.57 Å². The van der Waals surface area contributed by atoms with Crippen molar-refractivity contribution in [2.75, 3.05) is 11.9 Å². The first-order valence-electron chi connectivity index (χ1n) is 14.6. The van der Waals surface area contributed by atoms with Crippen molar-refractivity contribution >= 4 is 40.1 Å². The van der Waals surface area contributed by atoms with Crippen LogP contribution >= 0.6 is 11.6 Å². The molecule has 252 valence electrons. The van der Waals surface area contributed by atoms with Crippen LogP contribution in [0.5, 0.6) is 0 Å². The van der Waals surface area contributed by atoms with E-state index in [4.69, 9.17) is 17.3 Å². The summed E-state index contributed by atoms with van der Waals surface area (Å²) in [5, 5.41) is 21.9. The zero-order valence-electron chi connectivity index (χ0n) is 25.6. The average molecular weight is 695 g/mol. The molecular weight excluding hydrogens is 669 g/mol. The van der Waals surface area contributed by atoms with Crippen molar-refractivity contribution < 1.29 is 23.1 Å². The SMILES string of the molecule is Cn1cc2c(CCN)c(Nc3nc(=O)n(Cc4ncn(Cc5ccccc5C(=O)O)n4)c(=O)n3Cc3cc(F)c(F)cc3F)c(Cl)cc2n1. The Bertz CT molecular complexity index is 2370. The number of nitrogens with two attached hydrogens (primary N) is 1. The summed E-state index contributed by atoms with van der Waals surface area (Å²) >= 11 is 6.63. The maximum absolute atomic E-state index is 14.9. The van der Waals surface area contributed by atoms with Gasteiger partial charge in [0.15, 0.2) is 17.5 Å². The van der Waals surface area contributed by atoms with Gasteiger partial charge in [-0.3, -0.25) is 9.25 Å². The van der Waals surface area contributed by atoms with Gasteiger partial charge in [0.1, 0.15) is 12.1 Å². The second-order valence-corrected chi connectivity index (χ2v) is 11.4. The second kappa shape index (κ2) is 13.4. The number of aryl methyl sites for hydroxylation is 1. The fourth-order valence-electron chi connectivity index (χ4n) is 5.39. The minimum Gasteiger partial charge on any atom is -0.478 e. The lowest BCUT2D eigenvalue weighted by atomic mass is 10.0. The number of hydrogen-bond donors (Lipinski definition) is 3. The fourth-order valence-corrected chi connectivity index (χ4v) is 5.65. The van der Waals surface area contributed by atoms with Crippen LogP contribution in [0.2, 0.25) is 5.02 Å². The first-order valence-corrected chi connectivity index (χ1v) is 15.0. The highest BCUT2D eigenvalue weighted by molar-refractivity contribution is 6.34. The van der Waals surface area contributed by atoms with Crippen molar-refractivity contribution in [1.82, 2.24) is 38.7 Å². The van der Waals surface area contributed by atoms with Gasteiger partial charge >= 0.3 is 17.3 Å². The predicted molar refractivity (Wildman–Crippen MR) is 172 cm³/mol. The van der Waals surface area contributed by atoms with Gasteiger partial charge in [-0.25, -0.2) is 41.8 Å². The molecule has 0 unspecified atom stereocenters. The zero-order chi connectivity index (χ0) is 35.0. The standard InChI is InChI=1S/C31H26ClF3N10O4/c1-42-13-20-19(6-7-36)27(21(32)9-25(20)40-42)38-29-39-30(48)45(31(49)44(29)12-17-8-23(34)24(35)10-22(17)33)14-26-37-15-43(41-26)11-16-4-2-3-5-18(16)28(46)47/h2-5,8-10,13,15H,6-7,11-12,14,36H2,1H3,(H,46,47)(H,38,39,48). The predicted octanol–water partition coefficient (Wildman–Crippen LogP) is 3.04. The summed E-state index contributed by atoms with van der Waals surface area (Å²) in [6.07, 6.45) is 3.34. The minimum absolute atomic E-state index is 0.00428. The molecule has 14 nitrogen and oxygen atoms in total. The molecule has 3 aromatic heterocycles. The normalized spacial score (nSPS) is 11.4. The van der Waals surface area contributed by atoms with Crippen molar-refractivity contribution in [1.29, 1.82) is 0 Å². The van der Waals surface area contributed by atoms with E-state index < -0.39 is 53.5 Å². The third-order valence-electron chi connectivity index (χ3n) is 7.65. The Hall–Kier alpha value is -5.81. The molecule has 0 aliphatic carbocycles. The largest absolute Gasteiger partial charge is 0.478 e. The summed E-state index contributed by atoms with van der Waals surface area (Å²) in [6, 6.07) is 8.81. The van der Waals surface area contributed by atoms with Crippen LogP contribution in [-0.2, 0) is 33.1 Å². The molecule has 0 aliphatic rings. The Morgan fingerprint density at radius 2 is 1.73 bits per heavy atom. The van der Waals surface area contributed by atoms with Crippen LogP contribution in [-0.4, -0.2) is 56.3 Å². The number of fused-ring (bicyclic) bond motifs is 1. The number of anilines is 2. The van der Waals surface area contributed by atoms with Gasteiger partial charge in [-0.2, -0.15) is 15.2 Å². The highest BCUT2D eigenvalue weighted by Gasteiger charge is 2.22. The molecule has 3 aromatic carbocycles. The fraction of sp³-hybridized carbons (Fsp3) is 0.194. The Morgan fingerprint density at radius 3 is 2.49 bits per heavy atom.